The summed E-state index contributed by atoms with van der Waals surface area (Å²) in [6.45, 7) is 5.82. The summed E-state index contributed by atoms with van der Waals surface area (Å²) in [5.41, 5.74) is 2.10. The third-order valence-electron chi connectivity index (χ3n) is 3.51. The second-order valence-corrected chi connectivity index (χ2v) is 4.64. The molecule has 0 amide bonds. The number of benzene rings is 1. The van der Waals surface area contributed by atoms with Gasteiger partial charge in [-0.15, -0.1) is 0 Å². The minimum atomic E-state index is -0.0245. The zero-order chi connectivity index (χ0) is 15.2. The Hall–Kier alpha value is -2.01. The molecule has 0 aliphatic carbocycles. The van der Waals surface area contributed by atoms with Crippen molar-refractivity contribution in [1.82, 2.24) is 15.1 Å². The SMILES string of the molecule is CCNC(c1c(OC)cccc1OC)c1ccnn1CC. The van der Waals surface area contributed by atoms with E-state index >= 15 is 0 Å². The molecule has 1 heterocycles. The lowest BCUT2D eigenvalue weighted by atomic mass is 10.0. The molecule has 0 aliphatic heterocycles. The van der Waals surface area contributed by atoms with Gasteiger partial charge in [-0.1, -0.05) is 13.0 Å². The van der Waals surface area contributed by atoms with E-state index in [1.165, 1.54) is 0 Å². The predicted molar refractivity (Wildman–Crippen MR) is 83.0 cm³/mol. The van der Waals surface area contributed by atoms with Gasteiger partial charge < -0.3 is 14.8 Å². The van der Waals surface area contributed by atoms with Gasteiger partial charge in [0.25, 0.3) is 0 Å². The molecule has 0 saturated carbocycles. The van der Waals surface area contributed by atoms with Crippen molar-refractivity contribution in [1.29, 1.82) is 0 Å². The fraction of sp³-hybridized carbons (Fsp3) is 0.438. The van der Waals surface area contributed by atoms with Gasteiger partial charge in [-0.3, -0.25) is 4.68 Å². The van der Waals surface area contributed by atoms with Crippen LogP contribution in [0.1, 0.15) is 31.1 Å². The van der Waals surface area contributed by atoms with Crippen molar-refractivity contribution >= 4 is 0 Å². The highest BCUT2D eigenvalue weighted by Crippen LogP contribution is 2.37. The van der Waals surface area contributed by atoms with Gasteiger partial charge in [0.05, 0.1) is 31.5 Å². The number of aromatic nitrogens is 2. The van der Waals surface area contributed by atoms with Crippen LogP contribution in [-0.2, 0) is 6.54 Å². The van der Waals surface area contributed by atoms with Crippen molar-refractivity contribution in [2.24, 2.45) is 0 Å². The van der Waals surface area contributed by atoms with Crippen molar-refractivity contribution in [3.63, 3.8) is 0 Å². The topological polar surface area (TPSA) is 48.3 Å². The molecule has 0 radical (unpaired) electrons. The minimum absolute atomic E-state index is 0.0245. The molecule has 114 valence electrons. The average molecular weight is 289 g/mol. The molecule has 5 nitrogen and oxygen atoms in total. The Kier molecular flexibility index (Phi) is 5.22. The van der Waals surface area contributed by atoms with Gasteiger partial charge in [-0.25, -0.2) is 0 Å². The summed E-state index contributed by atoms with van der Waals surface area (Å²) in [7, 11) is 3.36. The highest BCUT2D eigenvalue weighted by atomic mass is 16.5. The van der Waals surface area contributed by atoms with Crippen molar-refractivity contribution in [3.05, 3.63) is 41.7 Å². The Morgan fingerprint density at radius 3 is 2.33 bits per heavy atom. The summed E-state index contributed by atoms with van der Waals surface area (Å²) in [6.07, 6.45) is 1.82. The van der Waals surface area contributed by atoms with E-state index in [4.69, 9.17) is 9.47 Å². The van der Waals surface area contributed by atoms with E-state index in [-0.39, 0.29) is 6.04 Å². The van der Waals surface area contributed by atoms with Crippen LogP contribution in [-0.4, -0.2) is 30.5 Å². The maximum Gasteiger partial charge on any atom is 0.127 e. The summed E-state index contributed by atoms with van der Waals surface area (Å²) < 4.78 is 13.1. The second-order valence-electron chi connectivity index (χ2n) is 4.64. The monoisotopic (exact) mass is 289 g/mol. The van der Waals surface area contributed by atoms with Crippen LogP contribution in [0.15, 0.2) is 30.5 Å². The zero-order valence-electron chi connectivity index (χ0n) is 13.1. The number of aryl methyl sites for hydroxylation is 1. The van der Waals surface area contributed by atoms with E-state index < -0.39 is 0 Å². The molecule has 0 saturated heterocycles. The number of rotatable bonds is 7. The van der Waals surface area contributed by atoms with Gasteiger partial charge in [0.1, 0.15) is 11.5 Å². The molecular formula is C16H23N3O2. The van der Waals surface area contributed by atoms with Crippen LogP contribution >= 0.6 is 0 Å². The third-order valence-corrected chi connectivity index (χ3v) is 3.51. The van der Waals surface area contributed by atoms with Crippen LogP contribution in [0.4, 0.5) is 0 Å². The van der Waals surface area contributed by atoms with Crippen molar-refractivity contribution < 1.29 is 9.47 Å². The molecule has 0 bridgehead atoms. The van der Waals surface area contributed by atoms with E-state index in [0.29, 0.717) is 0 Å². The van der Waals surface area contributed by atoms with Crippen LogP contribution in [0.25, 0.3) is 0 Å². The molecule has 2 aromatic rings. The highest BCUT2D eigenvalue weighted by molar-refractivity contribution is 5.49. The predicted octanol–water partition coefficient (Wildman–Crippen LogP) is 2.62. The standard InChI is InChI=1S/C16H23N3O2/c1-5-17-16(12-10-11-18-19(12)6-2)15-13(20-3)8-7-9-14(15)21-4/h7-11,16-17H,5-6H2,1-4H3. The summed E-state index contributed by atoms with van der Waals surface area (Å²) in [6, 6.07) is 7.84. The lowest BCUT2D eigenvalue weighted by molar-refractivity contribution is 0.374. The molecule has 1 aromatic carbocycles. The molecule has 0 spiro atoms. The van der Waals surface area contributed by atoms with Gasteiger partial charge in [0, 0.05) is 12.7 Å². The number of hydrogen-bond donors (Lipinski definition) is 1. The van der Waals surface area contributed by atoms with E-state index in [0.717, 1.165) is 35.8 Å². The van der Waals surface area contributed by atoms with Crippen molar-refractivity contribution in [2.45, 2.75) is 26.4 Å². The molecule has 0 aliphatic rings. The van der Waals surface area contributed by atoms with Crippen LogP contribution in [0.5, 0.6) is 11.5 Å². The highest BCUT2D eigenvalue weighted by Gasteiger charge is 2.24. The molecule has 0 fully saturated rings. The zero-order valence-corrected chi connectivity index (χ0v) is 13.1. The fourth-order valence-electron chi connectivity index (χ4n) is 2.58. The quantitative estimate of drug-likeness (QED) is 0.851. The maximum absolute atomic E-state index is 5.54. The van der Waals surface area contributed by atoms with Gasteiger partial charge in [-0.05, 0) is 31.7 Å². The smallest absolute Gasteiger partial charge is 0.127 e. The lowest BCUT2D eigenvalue weighted by Crippen LogP contribution is -2.25. The molecule has 1 aromatic heterocycles. The van der Waals surface area contributed by atoms with E-state index in [2.05, 4.69) is 24.3 Å². The average Bonchev–Trinajstić information content (AvgIpc) is 3.00. The number of nitrogens with one attached hydrogen (secondary N) is 1. The Bertz CT molecular complexity index is 558. The normalized spacial score (nSPS) is 12.2. The first kappa shape index (κ1) is 15.4. The summed E-state index contributed by atoms with van der Waals surface area (Å²) in [5, 5.41) is 7.87. The van der Waals surface area contributed by atoms with Crippen LogP contribution < -0.4 is 14.8 Å². The van der Waals surface area contributed by atoms with Gasteiger partial charge in [0.15, 0.2) is 0 Å². The van der Waals surface area contributed by atoms with Gasteiger partial charge in [-0.2, -0.15) is 5.10 Å². The van der Waals surface area contributed by atoms with E-state index in [1.807, 2.05) is 35.1 Å². The first-order valence-electron chi connectivity index (χ1n) is 7.22. The number of nitrogens with zero attached hydrogens (tertiary/aromatic N) is 2. The first-order chi connectivity index (χ1) is 10.3. The van der Waals surface area contributed by atoms with Crippen molar-refractivity contribution in [2.75, 3.05) is 20.8 Å². The Balaban J connectivity index is 2.57. The van der Waals surface area contributed by atoms with Gasteiger partial charge in [0.2, 0.25) is 0 Å². The van der Waals surface area contributed by atoms with Crippen LogP contribution in [0.2, 0.25) is 0 Å². The molecule has 1 atom stereocenters. The van der Waals surface area contributed by atoms with Crippen LogP contribution in [0.3, 0.4) is 0 Å². The molecule has 21 heavy (non-hydrogen) atoms. The van der Waals surface area contributed by atoms with Crippen LogP contribution in [0, 0.1) is 0 Å². The van der Waals surface area contributed by atoms with Crippen molar-refractivity contribution in [3.8, 4) is 11.5 Å². The molecule has 2 rings (SSSR count). The largest absolute Gasteiger partial charge is 0.496 e. The first-order valence-corrected chi connectivity index (χ1v) is 7.22. The Morgan fingerprint density at radius 2 is 1.81 bits per heavy atom. The minimum Gasteiger partial charge on any atom is -0.496 e. The second kappa shape index (κ2) is 7.13. The molecule has 1 unspecified atom stereocenters. The van der Waals surface area contributed by atoms with Gasteiger partial charge >= 0.3 is 0 Å². The summed E-state index contributed by atoms with van der Waals surface area (Å²) >= 11 is 0. The number of hydrogen-bond acceptors (Lipinski definition) is 4. The summed E-state index contributed by atoms with van der Waals surface area (Å²) in [5.74, 6) is 1.62. The maximum atomic E-state index is 5.54. The number of methoxy groups -OCH3 is 2. The summed E-state index contributed by atoms with van der Waals surface area (Å²) in [4.78, 5) is 0. The third kappa shape index (κ3) is 3.03. The fourth-order valence-corrected chi connectivity index (χ4v) is 2.58. The lowest BCUT2D eigenvalue weighted by Gasteiger charge is -2.23. The Labute approximate surface area is 125 Å². The molecule has 1 N–H and O–H groups in total. The number of ether oxygens (including phenoxy) is 2. The Morgan fingerprint density at radius 1 is 1.14 bits per heavy atom. The molecular weight excluding hydrogens is 266 g/mol. The molecule has 5 heteroatoms. The van der Waals surface area contributed by atoms with E-state index in [1.54, 1.807) is 14.2 Å². The van der Waals surface area contributed by atoms with E-state index in [9.17, 15) is 0 Å².